The van der Waals surface area contributed by atoms with Crippen molar-refractivity contribution in [3.63, 3.8) is 0 Å². The highest BCUT2D eigenvalue weighted by atomic mass is 19.4. The van der Waals surface area contributed by atoms with Crippen LogP contribution in [0.1, 0.15) is 31.4 Å². The van der Waals surface area contributed by atoms with E-state index in [0.717, 1.165) is 0 Å². The number of halogens is 3. The van der Waals surface area contributed by atoms with Gasteiger partial charge < -0.3 is 10.1 Å². The molecule has 0 saturated carbocycles. The van der Waals surface area contributed by atoms with E-state index in [0.29, 0.717) is 30.9 Å². The third kappa shape index (κ3) is 3.41. The average molecular weight is 273 g/mol. The first-order valence-electron chi connectivity index (χ1n) is 6.55. The summed E-state index contributed by atoms with van der Waals surface area (Å²) in [5.74, 6) is -0.702. The molecule has 1 fully saturated rings. The maximum atomic E-state index is 13.1. The van der Waals surface area contributed by atoms with Gasteiger partial charge in [0.15, 0.2) is 0 Å². The SMILES string of the molecule is CCOc1cccc(C2NCCCC2C(F)(F)F)c1. The number of rotatable bonds is 3. The van der Waals surface area contributed by atoms with E-state index in [-0.39, 0.29) is 6.42 Å². The van der Waals surface area contributed by atoms with Crippen LogP contribution in [0.5, 0.6) is 5.75 Å². The van der Waals surface area contributed by atoms with Crippen LogP contribution < -0.4 is 10.1 Å². The molecular weight excluding hydrogens is 255 g/mol. The van der Waals surface area contributed by atoms with Crippen LogP contribution in [0, 0.1) is 5.92 Å². The van der Waals surface area contributed by atoms with Crippen molar-refractivity contribution in [1.29, 1.82) is 0 Å². The van der Waals surface area contributed by atoms with Gasteiger partial charge in [0.2, 0.25) is 0 Å². The number of alkyl halides is 3. The van der Waals surface area contributed by atoms with Crippen molar-refractivity contribution in [2.45, 2.75) is 32.0 Å². The van der Waals surface area contributed by atoms with Gasteiger partial charge in [0.25, 0.3) is 0 Å². The summed E-state index contributed by atoms with van der Waals surface area (Å²) in [5, 5.41) is 2.99. The molecule has 1 aromatic rings. The van der Waals surface area contributed by atoms with Crippen molar-refractivity contribution in [1.82, 2.24) is 5.32 Å². The van der Waals surface area contributed by atoms with Crippen LogP contribution in [-0.4, -0.2) is 19.3 Å². The molecule has 0 radical (unpaired) electrons. The van der Waals surface area contributed by atoms with Crippen molar-refractivity contribution in [3.05, 3.63) is 29.8 Å². The molecule has 1 aliphatic rings. The van der Waals surface area contributed by atoms with E-state index in [1.165, 1.54) is 0 Å². The van der Waals surface area contributed by atoms with Crippen molar-refractivity contribution in [2.75, 3.05) is 13.2 Å². The van der Waals surface area contributed by atoms with Gasteiger partial charge in [-0.3, -0.25) is 0 Å². The second-order valence-electron chi connectivity index (χ2n) is 4.73. The summed E-state index contributed by atoms with van der Waals surface area (Å²) in [6.45, 7) is 2.98. The highest BCUT2D eigenvalue weighted by Gasteiger charge is 2.46. The highest BCUT2D eigenvalue weighted by Crippen LogP contribution is 2.41. The zero-order valence-electron chi connectivity index (χ0n) is 10.8. The van der Waals surface area contributed by atoms with Gasteiger partial charge in [-0.15, -0.1) is 0 Å². The fourth-order valence-corrected chi connectivity index (χ4v) is 2.56. The Labute approximate surface area is 111 Å². The smallest absolute Gasteiger partial charge is 0.393 e. The van der Waals surface area contributed by atoms with Gasteiger partial charge in [-0.2, -0.15) is 13.2 Å². The van der Waals surface area contributed by atoms with Crippen LogP contribution in [0.2, 0.25) is 0 Å². The Morgan fingerprint density at radius 2 is 2.16 bits per heavy atom. The normalized spacial score (nSPS) is 24.2. The monoisotopic (exact) mass is 273 g/mol. The van der Waals surface area contributed by atoms with E-state index in [4.69, 9.17) is 4.74 Å². The maximum Gasteiger partial charge on any atom is 0.393 e. The van der Waals surface area contributed by atoms with Gasteiger partial charge in [0.1, 0.15) is 5.75 Å². The molecule has 0 aliphatic carbocycles. The van der Waals surface area contributed by atoms with Crippen molar-refractivity contribution in [3.8, 4) is 5.75 Å². The lowest BCUT2D eigenvalue weighted by Crippen LogP contribution is -2.41. The molecule has 2 unspecified atom stereocenters. The molecule has 1 heterocycles. The van der Waals surface area contributed by atoms with Crippen LogP contribution in [0.3, 0.4) is 0 Å². The zero-order chi connectivity index (χ0) is 13.9. The Bertz CT molecular complexity index is 419. The number of ether oxygens (including phenoxy) is 1. The van der Waals surface area contributed by atoms with E-state index >= 15 is 0 Å². The van der Waals surface area contributed by atoms with Crippen molar-refractivity contribution >= 4 is 0 Å². The van der Waals surface area contributed by atoms with Crippen LogP contribution in [0.4, 0.5) is 13.2 Å². The quantitative estimate of drug-likeness (QED) is 0.907. The molecule has 0 amide bonds. The Morgan fingerprint density at radius 3 is 2.84 bits per heavy atom. The highest BCUT2D eigenvalue weighted by molar-refractivity contribution is 5.31. The molecule has 0 spiro atoms. The topological polar surface area (TPSA) is 21.3 Å². The Balaban J connectivity index is 2.24. The molecule has 19 heavy (non-hydrogen) atoms. The van der Waals surface area contributed by atoms with E-state index in [2.05, 4.69) is 5.32 Å². The predicted molar refractivity (Wildman–Crippen MR) is 67.1 cm³/mol. The lowest BCUT2D eigenvalue weighted by Gasteiger charge is -2.34. The Morgan fingerprint density at radius 1 is 1.37 bits per heavy atom. The molecule has 1 N–H and O–H groups in total. The van der Waals surface area contributed by atoms with Crippen LogP contribution in [0.15, 0.2) is 24.3 Å². The van der Waals surface area contributed by atoms with Crippen LogP contribution in [0.25, 0.3) is 0 Å². The molecule has 0 bridgehead atoms. The molecule has 1 saturated heterocycles. The molecule has 2 rings (SSSR count). The lowest BCUT2D eigenvalue weighted by atomic mass is 9.86. The summed E-state index contributed by atoms with van der Waals surface area (Å²) < 4.78 is 44.5. The van der Waals surface area contributed by atoms with Crippen LogP contribution in [-0.2, 0) is 0 Å². The summed E-state index contributed by atoms with van der Waals surface area (Å²) in [5.41, 5.74) is 0.646. The zero-order valence-corrected chi connectivity index (χ0v) is 10.8. The van der Waals surface area contributed by atoms with Gasteiger partial charge in [-0.1, -0.05) is 12.1 Å². The van der Waals surface area contributed by atoms with E-state index in [1.807, 2.05) is 6.92 Å². The number of piperidine rings is 1. The largest absolute Gasteiger partial charge is 0.494 e. The number of benzene rings is 1. The number of hydrogen-bond donors (Lipinski definition) is 1. The second kappa shape index (κ2) is 5.82. The molecule has 2 nitrogen and oxygen atoms in total. The minimum Gasteiger partial charge on any atom is -0.494 e. The standard InChI is InChI=1S/C14H18F3NO/c1-2-19-11-6-3-5-10(9-11)13-12(14(15,16)17)7-4-8-18-13/h3,5-6,9,12-13,18H,2,4,7-8H2,1H3. The Hall–Kier alpha value is -1.23. The van der Waals surface area contributed by atoms with Gasteiger partial charge in [-0.25, -0.2) is 0 Å². The van der Waals surface area contributed by atoms with Gasteiger partial charge >= 0.3 is 6.18 Å². The molecular formula is C14H18F3NO. The first-order chi connectivity index (χ1) is 9.02. The summed E-state index contributed by atoms with van der Waals surface area (Å²) in [6.07, 6.45) is -3.43. The second-order valence-corrected chi connectivity index (χ2v) is 4.73. The third-order valence-electron chi connectivity index (χ3n) is 3.41. The molecule has 0 aromatic heterocycles. The minimum atomic E-state index is -4.17. The summed E-state index contributed by atoms with van der Waals surface area (Å²) in [6, 6.07) is 6.26. The van der Waals surface area contributed by atoms with Gasteiger partial charge in [0, 0.05) is 6.04 Å². The fraction of sp³-hybridized carbons (Fsp3) is 0.571. The molecule has 1 aliphatic heterocycles. The summed E-state index contributed by atoms with van der Waals surface area (Å²) in [4.78, 5) is 0. The van der Waals surface area contributed by atoms with Gasteiger partial charge in [-0.05, 0) is 44.0 Å². The summed E-state index contributed by atoms with van der Waals surface area (Å²) in [7, 11) is 0. The van der Waals surface area contributed by atoms with Crippen LogP contribution >= 0.6 is 0 Å². The predicted octanol–water partition coefficient (Wildman–Crippen LogP) is 3.69. The first-order valence-corrected chi connectivity index (χ1v) is 6.55. The minimum absolute atomic E-state index is 0.181. The molecule has 2 atom stereocenters. The third-order valence-corrected chi connectivity index (χ3v) is 3.41. The molecule has 5 heteroatoms. The maximum absolute atomic E-state index is 13.1. The van der Waals surface area contributed by atoms with Gasteiger partial charge in [0.05, 0.1) is 12.5 Å². The fourth-order valence-electron chi connectivity index (χ4n) is 2.56. The van der Waals surface area contributed by atoms with Crippen molar-refractivity contribution in [2.24, 2.45) is 5.92 Å². The van der Waals surface area contributed by atoms with E-state index in [1.54, 1.807) is 24.3 Å². The van der Waals surface area contributed by atoms with Crippen molar-refractivity contribution < 1.29 is 17.9 Å². The number of nitrogens with one attached hydrogen (secondary N) is 1. The lowest BCUT2D eigenvalue weighted by molar-refractivity contribution is -0.189. The molecule has 1 aromatic carbocycles. The van der Waals surface area contributed by atoms with E-state index < -0.39 is 18.1 Å². The Kier molecular flexibility index (Phi) is 4.34. The summed E-state index contributed by atoms with van der Waals surface area (Å²) >= 11 is 0. The van der Waals surface area contributed by atoms with E-state index in [9.17, 15) is 13.2 Å². The first kappa shape index (κ1) is 14.2. The number of hydrogen-bond acceptors (Lipinski definition) is 2. The average Bonchev–Trinajstić information content (AvgIpc) is 2.38. The molecule has 106 valence electrons.